The third kappa shape index (κ3) is 3.49. The summed E-state index contributed by atoms with van der Waals surface area (Å²) in [5.41, 5.74) is 1.27. The first-order valence-corrected chi connectivity index (χ1v) is 7.22. The van der Waals surface area contributed by atoms with Crippen LogP contribution in [0.3, 0.4) is 0 Å². The minimum atomic E-state index is -0.399. The maximum absolute atomic E-state index is 12.2. The molecule has 0 saturated heterocycles. The Morgan fingerprint density at radius 1 is 1.26 bits per heavy atom. The van der Waals surface area contributed by atoms with Gasteiger partial charge in [-0.1, -0.05) is 29.8 Å². The van der Waals surface area contributed by atoms with Crippen LogP contribution in [-0.2, 0) is 6.54 Å². The fraction of sp³-hybridized carbons (Fsp3) is 0.0625. The first-order chi connectivity index (χ1) is 11.1. The molecule has 0 unspecified atom stereocenters. The lowest BCUT2D eigenvalue weighted by Crippen LogP contribution is -2.12. The number of hydrogen-bond donors (Lipinski definition) is 2. The van der Waals surface area contributed by atoms with Gasteiger partial charge in [-0.3, -0.25) is 9.48 Å². The van der Waals surface area contributed by atoms with Crippen molar-refractivity contribution >= 4 is 23.3 Å². The van der Waals surface area contributed by atoms with Gasteiger partial charge in [0.2, 0.25) is 0 Å². The normalized spacial score (nSPS) is 10.5. The largest absolute Gasteiger partial charge is 0.504 e. The topological polar surface area (TPSA) is 80.0 Å². The molecule has 2 heterocycles. The quantitative estimate of drug-likeness (QED) is 0.771. The fourth-order valence-corrected chi connectivity index (χ4v) is 2.24. The number of pyridine rings is 1. The minimum Gasteiger partial charge on any atom is -0.504 e. The second-order valence-electron chi connectivity index (χ2n) is 4.84. The molecule has 0 spiro atoms. The van der Waals surface area contributed by atoms with Gasteiger partial charge in [-0.2, -0.15) is 5.10 Å². The molecule has 2 aromatic heterocycles. The van der Waals surface area contributed by atoms with Crippen molar-refractivity contribution in [2.24, 2.45) is 0 Å². The highest BCUT2D eigenvalue weighted by atomic mass is 35.5. The van der Waals surface area contributed by atoms with Crippen molar-refractivity contribution in [3.8, 4) is 5.75 Å². The highest BCUT2D eigenvalue weighted by Gasteiger charge is 2.12. The van der Waals surface area contributed by atoms with Crippen LogP contribution in [0.5, 0.6) is 5.75 Å². The zero-order valence-corrected chi connectivity index (χ0v) is 12.7. The molecule has 0 saturated carbocycles. The van der Waals surface area contributed by atoms with Crippen LogP contribution in [0.15, 0.2) is 55.0 Å². The molecule has 7 heteroatoms. The van der Waals surface area contributed by atoms with Crippen LogP contribution < -0.4 is 5.32 Å². The zero-order valence-electron chi connectivity index (χ0n) is 12.0. The maximum Gasteiger partial charge on any atom is 0.260 e. The fourth-order valence-electron chi connectivity index (χ4n) is 2.04. The van der Waals surface area contributed by atoms with E-state index in [1.165, 1.54) is 18.5 Å². The number of amides is 1. The Bertz CT molecular complexity index is 847. The third-order valence-corrected chi connectivity index (χ3v) is 3.57. The molecule has 116 valence electrons. The highest BCUT2D eigenvalue weighted by Crippen LogP contribution is 2.19. The van der Waals surface area contributed by atoms with Crippen LogP contribution in [0.25, 0.3) is 0 Å². The van der Waals surface area contributed by atoms with Gasteiger partial charge < -0.3 is 10.4 Å². The first-order valence-electron chi connectivity index (χ1n) is 6.84. The van der Waals surface area contributed by atoms with E-state index in [9.17, 15) is 9.90 Å². The summed E-state index contributed by atoms with van der Waals surface area (Å²) in [5.74, 6) is -0.384. The highest BCUT2D eigenvalue weighted by molar-refractivity contribution is 6.31. The predicted octanol–water partition coefficient (Wildman–Crippen LogP) is 2.94. The average molecular weight is 329 g/mol. The lowest BCUT2D eigenvalue weighted by Gasteiger charge is -2.05. The second-order valence-corrected chi connectivity index (χ2v) is 5.25. The number of nitrogens with zero attached hydrogens (tertiary/aromatic N) is 3. The summed E-state index contributed by atoms with van der Waals surface area (Å²) in [6, 6.07) is 10.5. The van der Waals surface area contributed by atoms with Gasteiger partial charge in [0.25, 0.3) is 5.91 Å². The number of aromatic nitrogens is 3. The Morgan fingerprint density at radius 3 is 2.87 bits per heavy atom. The van der Waals surface area contributed by atoms with Crippen molar-refractivity contribution in [2.45, 2.75) is 6.54 Å². The van der Waals surface area contributed by atoms with Gasteiger partial charge in [-0.15, -0.1) is 0 Å². The molecule has 0 radical (unpaired) electrons. The molecule has 0 atom stereocenters. The Kier molecular flexibility index (Phi) is 4.25. The van der Waals surface area contributed by atoms with Crippen LogP contribution in [0, 0.1) is 0 Å². The Morgan fingerprint density at radius 2 is 2.09 bits per heavy atom. The van der Waals surface area contributed by atoms with Crippen molar-refractivity contribution < 1.29 is 9.90 Å². The van der Waals surface area contributed by atoms with Gasteiger partial charge in [0.15, 0.2) is 11.6 Å². The van der Waals surface area contributed by atoms with E-state index in [0.717, 1.165) is 5.56 Å². The Hall–Kier alpha value is -2.86. The number of halogens is 1. The van der Waals surface area contributed by atoms with E-state index >= 15 is 0 Å². The van der Waals surface area contributed by atoms with Crippen LogP contribution >= 0.6 is 11.6 Å². The minimum absolute atomic E-state index is 0.0932. The summed E-state index contributed by atoms with van der Waals surface area (Å²) < 4.78 is 1.62. The lowest BCUT2D eigenvalue weighted by atomic mass is 10.2. The predicted molar refractivity (Wildman–Crippen MR) is 86.6 cm³/mol. The molecule has 0 aliphatic heterocycles. The molecule has 6 nitrogen and oxygen atoms in total. The molecular formula is C16H13ClN4O2. The van der Waals surface area contributed by atoms with E-state index in [0.29, 0.717) is 17.1 Å². The summed E-state index contributed by atoms with van der Waals surface area (Å²) in [4.78, 5) is 16.1. The van der Waals surface area contributed by atoms with E-state index in [1.807, 2.05) is 18.2 Å². The number of carbonyl (C=O) groups is 1. The third-order valence-electron chi connectivity index (χ3n) is 3.20. The van der Waals surface area contributed by atoms with Crippen molar-refractivity contribution in [2.75, 3.05) is 5.32 Å². The summed E-state index contributed by atoms with van der Waals surface area (Å²) in [6.45, 7) is 0.460. The SMILES string of the molecule is O=C(Nc1ncccc1O)c1cnn(Cc2ccccc2Cl)c1. The Labute approximate surface area is 137 Å². The van der Waals surface area contributed by atoms with E-state index in [2.05, 4.69) is 15.4 Å². The second kappa shape index (κ2) is 6.50. The standard InChI is InChI=1S/C16H13ClN4O2/c17-13-5-2-1-4-11(13)9-21-10-12(8-19-21)16(23)20-15-14(22)6-3-7-18-15/h1-8,10,22H,9H2,(H,18,20,23). The van der Waals surface area contributed by atoms with E-state index in [1.54, 1.807) is 23.0 Å². The van der Waals surface area contributed by atoms with Gasteiger partial charge >= 0.3 is 0 Å². The molecule has 0 aliphatic rings. The molecule has 0 aliphatic carbocycles. The number of benzene rings is 1. The van der Waals surface area contributed by atoms with E-state index < -0.39 is 5.91 Å². The van der Waals surface area contributed by atoms with Crippen LogP contribution in [0.4, 0.5) is 5.82 Å². The van der Waals surface area contributed by atoms with Crippen LogP contribution in [-0.4, -0.2) is 25.8 Å². The van der Waals surface area contributed by atoms with Crippen molar-refractivity contribution in [1.29, 1.82) is 0 Å². The number of rotatable bonds is 4. The summed E-state index contributed by atoms with van der Waals surface area (Å²) in [5, 5.41) is 17.0. The zero-order chi connectivity index (χ0) is 16.2. The molecule has 0 bridgehead atoms. The monoisotopic (exact) mass is 328 g/mol. The molecule has 1 amide bonds. The summed E-state index contributed by atoms with van der Waals surface area (Å²) >= 11 is 6.11. The van der Waals surface area contributed by atoms with Gasteiger partial charge in [-0.25, -0.2) is 4.98 Å². The van der Waals surface area contributed by atoms with Crippen molar-refractivity contribution in [3.63, 3.8) is 0 Å². The van der Waals surface area contributed by atoms with Crippen LogP contribution in [0.1, 0.15) is 15.9 Å². The molecule has 23 heavy (non-hydrogen) atoms. The van der Waals surface area contributed by atoms with Gasteiger partial charge in [-0.05, 0) is 23.8 Å². The number of carbonyl (C=O) groups excluding carboxylic acids is 1. The molecule has 3 rings (SSSR count). The summed E-state index contributed by atoms with van der Waals surface area (Å²) in [6.07, 6.45) is 4.54. The van der Waals surface area contributed by atoms with Crippen molar-refractivity contribution in [1.82, 2.24) is 14.8 Å². The van der Waals surface area contributed by atoms with Gasteiger partial charge in [0, 0.05) is 17.4 Å². The number of anilines is 1. The maximum atomic E-state index is 12.2. The van der Waals surface area contributed by atoms with Crippen LogP contribution in [0.2, 0.25) is 5.02 Å². The number of hydrogen-bond acceptors (Lipinski definition) is 4. The van der Waals surface area contributed by atoms with E-state index in [-0.39, 0.29) is 11.6 Å². The number of aromatic hydroxyl groups is 1. The van der Waals surface area contributed by atoms with Crippen molar-refractivity contribution in [3.05, 3.63) is 71.1 Å². The molecule has 1 aromatic carbocycles. The summed E-state index contributed by atoms with van der Waals surface area (Å²) in [7, 11) is 0. The average Bonchev–Trinajstić information content (AvgIpc) is 3.01. The Balaban J connectivity index is 1.73. The van der Waals surface area contributed by atoms with E-state index in [4.69, 9.17) is 11.6 Å². The lowest BCUT2D eigenvalue weighted by molar-refractivity contribution is 0.102. The van der Waals surface area contributed by atoms with Gasteiger partial charge in [0.05, 0.1) is 18.3 Å². The van der Waals surface area contributed by atoms with Gasteiger partial charge in [0.1, 0.15) is 0 Å². The molecule has 2 N–H and O–H groups in total. The molecular weight excluding hydrogens is 316 g/mol. The number of nitrogens with one attached hydrogen (secondary N) is 1. The first kappa shape index (κ1) is 15.1. The smallest absolute Gasteiger partial charge is 0.260 e. The molecule has 0 fully saturated rings. The molecule has 3 aromatic rings.